The van der Waals surface area contributed by atoms with E-state index < -0.39 is 5.97 Å². The lowest BCUT2D eigenvalue weighted by molar-refractivity contribution is 0.0528. The number of nitrogens with zero attached hydrogens (tertiary/aromatic N) is 3. The van der Waals surface area contributed by atoms with Crippen LogP contribution in [0.15, 0.2) is 28.3 Å². The van der Waals surface area contributed by atoms with Crippen molar-refractivity contribution in [1.29, 1.82) is 0 Å². The molecule has 1 aromatic carbocycles. The highest BCUT2D eigenvalue weighted by molar-refractivity contribution is 7.17. The van der Waals surface area contributed by atoms with Crippen molar-refractivity contribution in [3.8, 4) is 0 Å². The SMILES string of the molecule is CCOC(=O)c1cc(C=NNc2c(Cl)cc(Cl)cc2Cl)sc1N=CN(C)C. The van der Waals surface area contributed by atoms with Crippen LogP contribution in [0.3, 0.4) is 0 Å². The molecule has 1 aromatic heterocycles. The van der Waals surface area contributed by atoms with Crippen LogP contribution in [-0.4, -0.2) is 44.1 Å². The lowest BCUT2D eigenvalue weighted by Crippen LogP contribution is -2.07. The number of nitrogens with one attached hydrogen (secondary N) is 1. The van der Waals surface area contributed by atoms with Crippen molar-refractivity contribution in [2.45, 2.75) is 6.92 Å². The van der Waals surface area contributed by atoms with Crippen LogP contribution in [0.1, 0.15) is 22.2 Å². The van der Waals surface area contributed by atoms with E-state index in [-0.39, 0.29) is 6.61 Å². The smallest absolute Gasteiger partial charge is 0.341 e. The molecule has 2 aromatic rings. The number of carbonyl (C=O) groups excluding carboxylic acids is 1. The second-order valence-electron chi connectivity index (χ2n) is 5.41. The molecule has 0 bridgehead atoms. The molecule has 0 aliphatic rings. The number of ether oxygens (including phenoxy) is 1. The number of benzene rings is 1. The molecule has 0 amide bonds. The Labute approximate surface area is 176 Å². The van der Waals surface area contributed by atoms with Gasteiger partial charge in [-0.25, -0.2) is 9.79 Å². The predicted octanol–water partition coefficient (Wildman–Crippen LogP) is 5.55. The number of thiophene rings is 1. The summed E-state index contributed by atoms with van der Waals surface area (Å²) in [6.45, 7) is 2.03. The number of esters is 1. The number of rotatable bonds is 7. The Morgan fingerprint density at radius 1 is 1.26 bits per heavy atom. The van der Waals surface area contributed by atoms with Gasteiger partial charge in [-0.3, -0.25) is 5.43 Å². The maximum absolute atomic E-state index is 12.1. The summed E-state index contributed by atoms with van der Waals surface area (Å²) in [5, 5.41) is 5.78. The maximum Gasteiger partial charge on any atom is 0.341 e. The van der Waals surface area contributed by atoms with Crippen molar-refractivity contribution < 1.29 is 9.53 Å². The first-order chi connectivity index (χ1) is 12.8. The topological polar surface area (TPSA) is 66.3 Å². The van der Waals surface area contributed by atoms with Gasteiger partial charge < -0.3 is 9.64 Å². The van der Waals surface area contributed by atoms with Crippen molar-refractivity contribution in [2.75, 3.05) is 26.1 Å². The van der Waals surface area contributed by atoms with Gasteiger partial charge in [0.05, 0.1) is 45.3 Å². The summed E-state index contributed by atoms with van der Waals surface area (Å²) in [5.41, 5.74) is 3.60. The van der Waals surface area contributed by atoms with Gasteiger partial charge >= 0.3 is 5.97 Å². The standard InChI is InChI=1S/C17H17Cl3N4O2S/c1-4-26-17(25)12-7-11(27-16(12)21-9-24(2)3)8-22-23-15-13(19)5-10(18)6-14(15)20/h5-9,23H,4H2,1-3H3. The Kier molecular flexibility index (Phi) is 7.91. The van der Waals surface area contributed by atoms with Crippen molar-refractivity contribution >= 4 is 75.4 Å². The Morgan fingerprint density at radius 3 is 2.52 bits per heavy atom. The van der Waals surface area contributed by atoms with E-state index in [9.17, 15) is 4.79 Å². The lowest BCUT2D eigenvalue weighted by atomic mass is 10.3. The van der Waals surface area contributed by atoms with Crippen LogP contribution < -0.4 is 5.43 Å². The minimum absolute atomic E-state index is 0.282. The molecule has 0 spiro atoms. The highest BCUT2D eigenvalue weighted by Gasteiger charge is 2.16. The van der Waals surface area contributed by atoms with E-state index in [0.717, 1.165) is 0 Å². The van der Waals surface area contributed by atoms with Gasteiger partial charge in [-0.2, -0.15) is 5.10 Å². The maximum atomic E-state index is 12.1. The van der Waals surface area contributed by atoms with Crippen molar-refractivity contribution in [1.82, 2.24) is 4.90 Å². The van der Waals surface area contributed by atoms with E-state index in [0.29, 0.717) is 36.2 Å². The molecule has 2 rings (SSSR count). The zero-order chi connectivity index (χ0) is 20.0. The fourth-order valence-corrected chi connectivity index (χ4v) is 3.65. The third-order valence-electron chi connectivity index (χ3n) is 3.01. The van der Waals surface area contributed by atoms with E-state index in [1.165, 1.54) is 11.3 Å². The van der Waals surface area contributed by atoms with Gasteiger partial charge in [-0.1, -0.05) is 34.8 Å². The Balaban J connectivity index is 2.24. The minimum Gasteiger partial charge on any atom is -0.462 e. The number of anilines is 1. The van der Waals surface area contributed by atoms with Gasteiger partial charge in [0.2, 0.25) is 0 Å². The summed E-state index contributed by atoms with van der Waals surface area (Å²) < 4.78 is 5.08. The summed E-state index contributed by atoms with van der Waals surface area (Å²) in [4.78, 5) is 18.9. The summed E-state index contributed by atoms with van der Waals surface area (Å²) in [6, 6.07) is 4.79. The summed E-state index contributed by atoms with van der Waals surface area (Å²) in [5.74, 6) is -0.434. The normalized spacial score (nSPS) is 11.3. The van der Waals surface area contributed by atoms with Crippen LogP contribution in [0.25, 0.3) is 0 Å². The van der Waals surface area contributed by atoms with Gasteiger partial charge in [0.1, 0.15) is 5.00 Å². The van der Waals surface area contributed by atoms with Crippen LogP contribution >= 0.6 is 46.1 Å². The van der Waals surface area contributed by atoms with Crippen LogP contribution in [-0.2, 0) is 4.74 Å². The average Bonchev–Trinajstić information content (AvgIpc) is 2.98. The summed E-state index contributed by atoms with van der Waals surface area (Å²) in [6.07, 6.45) is 3.16. The molecule has 0 saturated carbocycles. The first-order valence-electron chi connectivity index (χ1n) is 7.77. The molecular weight excluding hydrogens is 431 g/mol. The Morgan fingerprint density at radius 2 is 1.93 bits per heavy atom. The molecule has 0 aliphatic heterocycles. The van der Waals surface area contributed by atoms with Crippen LogP contribution in [0.5, 0.6) is 0 Å². The number of hydrazone groups is 1. The number of aliphatic imine (C=N–C) groups is 1. The zero-order valence-electron chi connectivity index (χ0n) is 14.8. The third kappa shape index (κ3) is 6.10. The number of halogens is 3. The number of hydrogen-bond donors (Lipinski definition) is 1. The first kappa shape index (κ1) is 21.5. The van der Waals surface area contributed by atoms with Crippen LogP contribution in [0.4, 0.5) is 10.7 Å². The van der Waals surface area contributed by atoms with Gasteiger partial charge in [0, 0.05) is 19.1 Å². The fourth-order valence-electron chi connectivity index (χ4n) is 1.89. The van der Waals surface area contributed by atoms with Gasteiger partial charge in [-0.05, 0) is 25.1 Å². The van der Waals surface area contributed by atoms with E-state index in [1.807, 2.05) is 14.1 Å². The first-order valence-corrected chi connectivity index (χ1v) is 9.72. The Bertz CT molecular complexity index is 858. The molecule has 0 aliphatic carbocycles. The van der Waals surface area contributed by atoms with Crippen molar-refractivity contribution in [2.24, 2.45) is 10.1 Å². The van der Waals surface area contributed by atoms with Gasteiger partial charge in [-0.15, -0.1) is 11.3 Å². The molecule has 144 valence electrons. The second-order valence-corrected chi connectivity index (χ2v) is 7.72. The molecule has 0 atom stereocenters. The molecule has 10 heteroatoms. The second kappa shape index (κ2) is 9.94. The molecule has 0 radical (unpaired) electrons. The van der Waals surface area contributed by atoms with Crippen molar-refractivity contribution in [3.63, 3.8) is 0 Å². The lowest BCUT2D eigenvalue weighted by Gasteiger charge is -2.06. The minimum atomic E-state index is -0.434. The summed E-state index contributed by atoms with van der Waals surface area (Å²) in [7, 11) is 3.68. The molecule has 27 heavy (non-hydrogen) atoms. The largest absolute Gasteiger partial charge is 0.462 e. The molecule has 1 N–H and O–H groups in total. The highest BCUT2D eigenvalue weighted by atomic mass is 35.5. The van der Waals surface area contributed by atoms with Gasteiger partial charge in [0.25, 0.3) is 0 Å². The molecule has 6 nitrogen and oxygen atoms in total. The molecule has 1 heterocycles. The molecule has 0 unspecified atom stereocenters. The van der Waals surface area contributed by atoms with Crippen molar-refractivity contribution in [3.05, 3.63) is 43.7 Å². The fraction of sp³-hybridized carbons (Fsp3) is 0.235. The predicted molar refractivity (Wildman–Crippen MR) is 115 cm³/mol. The zero-order valence-corrected chi connectivity index (χ0v) is 17.9. The average molecular weight is 448 g/mol. The van der Waals surface area contributed by atoms with E-state index in [4.69, 9.17) is 39.5 Å². The van der Waals surface area contributed by atoms with E-state index >= 15 is 0 Å². The van der Waals surface area contributed by atoms with Gasteiger partial charge in [0.15, 0.2) is 0 Å². The number of carbonyl (C=O) groups is 1. The Hall–Kier alpha value is -1.80. The molecule has 0 fully saturated rings. The number of hydrogen-bond acceptors (Lipinski definition) is 6. The highest BCUT2D eigenvalue weighted by Crippen LogP contribution is 2.34. The molecule has 0 saturated heterocycles. The monoisotopic (exact) mass is 446 g/mol. The quantitative estimate of drug-likeness (QED) is 0.261. The summed E-state index contributed by atoms with van der Waals surface area (Å²) >= 11 is 19.4. The third-order valence-corrected chi connectivity index (χ3v) is 4.80. The van der Waals surface area contributed by atoms with E-state index in [2.05, 4.69) is 15.5 Å². The van der Waals surface area contributed by atoms with Crippen LogP contribution in [0, 0.1) is 0 Å². The van der Waals surface area contributed by atoms with Crippen LogP contribution in [0.2, 0.25) is 15.1 Å². The molecular formula is C17H17Cl3N4O2S. The van der Waals surface area contributed by atoms with E-state index in [1.54, 1.807) is 42.6 Å².